The Labute approximate surface area is 161 Å². The molecule has 4 rings (SSSR count). The first kappa shape index (κ1) is 17.5. The van der Waals surface area contributed by atoms with Gasteiger partial charge in [0.25, 0.3) is 0 Å². The zero-order chi connectivity index (χ0) is 19.5. The molecule has 0 radical (unpaired) electrons. The molecule has 0 aliphatic rings. The molecule has 0 fully saturated rings. The molecule has 0 saturated heterocycles. The average Bonchev–Trinajstić information content (AvgIpc) is 2.99. The van der Waals surface area contributed by atoms with Gasteiger partial charge in [-0.3, -0.25) is 0 Å². The second kappa shape index (κ2) is 7.36. The highest BCUT2D eigenvalue weighted by molar-refractivity contribution is 5.95. The summed E-state index contributed by atoms with van der Waals surface area (Å²) in [5, 5.41) is 29.0. The summed E-state index contributed by atoms with van der Waals surface area (Å²) in [6.45, 7) is 0.510. The number of aromatic hydroxyl groups is 1. The van der Waals surface area contributed by atoms with Gasteiger partial charge in [-0.25, -0.2) is 4.79 Å². The number of hydrogen-bond acceptors (Lipinski definition) is 4. The van der Waals surface area contributed by atoms with Crippen molar-refractivity contribution in [2.75, 3.05) is 0 Å². The molecule has 2 N–H and O–H groups in total. The van der Waals surface area contributed by atoms with Crippen LogP contribution in [0.4, 0.5) is 11.4 Å². The number of fused-ring (bicyclic) bond motifs is 1. The molecule has 6 nitrogen and oxygen atoms in total. The van der Waals surface area contributed by atoms with Crippen molar-refractivity contribution in [3.8, 4) is 5.88 Å². The zero-order valence-electron chi connectivity index (χ0n) is 14.9. The van der Waals surface area contributed by atoms with Gasteiger partial charge in [-0.1, -0.05) is 48.5 Å². The zero-order valence-corrected chi connectivity index (χ0v) is 14.9. The van der Waals surface area contributed by atoms with E-state index in [2.05, 4.69) is 10.2 Å². The number of azo groups is 1. The number of carbonyl (C=O) groups is 1. The van der Waals surface area contributed by atoms with Crippen molar-refractivity contribution >= 4 is 28.2 Å². The summed E-state index contributed by atoms with van der Waals surface area (Å²) in [5.74, 6) is -0.957. The first-order valence-electron chi connectivity index (χ1n) is 8.72. The number of hydrogen-bond donors (Lipinski definition) is 2. The molecule has 0 amide bonds. The van der Waals surface area contributed by atoms with Gasteiger partial charge in [0.05, 0.1) is 23.3 Å². The third-order valence-corrected chi connectivity index (χ3v) is 4.48. The molecule has 0 aliphatic carbocycles. The van der Waals surface area contributed by atoms with E-state index in [0.717, 1.165) is 16.5 Å². The Hall–Kier alpha value is -3.93. The predicted molar refractivity (Wildman–Crippen MR) is 107 cm³/mol. The largest absolute Gasteiger partial charge is 0.493 e. The van der Waals surface area contributed by atoms with Crippen LogP contribution in [0.1, 0.15) is 15.9 Å². The van der Waals surface area contributed by atoms with Crippen molar-refractivity contribution in [3.05, 3.63) is 90.0 Å². The number of carboxylic acid groups (broad SMARTS) is 1. The number of para-hydroxylation sites is 1. The van der Waals surface area contributed by atoms with Gasteiger partial charge in [0.2, 0.25) is 5.88 Å². The molecule has 0 unspecified atom stereocenters. The highest BCUT2D eigenvalue weighted by Gasteiger charge is 2.16. The lowest BCUT2D eigenvalue weighted by Gasteiger charge is -2.06. The van der Waals surface area contributed by atoms with Crippen LogP contribution in [0.25, 0.3) is 10.9 Å². The van der Waals surface area contributed by atoms with Crippen LogP contribution in [0, 0.1) is 0 Å². The van der Waals surface area contributed by atoms with Gasteiger partial charge >= 0.3 is 5.97 Å². The number of carboxylic acids is 1. The van der Waals surface area contributed by atoms with Crippen LogP contribution in [0.15, 0.2) is 89.1 Å². The number of rotatable bonds is 5. The van der Waals surface area contributed by atoms with Gasteiger partial charge in [0.15, 0.2) is 5.69 Å². The summed E-state index contributed by atoms with van der Waals surface area (Å²) in [6.07, 6.45) is 0. The molecule has 0 spiro atoms. The first-order valence-corrected chi connectivity index (χ1v) is 8.72. The fourth-order valence-electron chi connectivity index (χ4n) is 3.07. The van der Waals surface area contributed by atoms with Gasteiger partial charge in [0.1, 0.15) is 0 Å². The van der Waals surface area contributed by atoms with Crippen molar-refractivity contribution in [2.45, 2.75) is 6.54 Å². The molecule has 0 atom stereocenters. The van der Waals surface area contributed by atoms with E-state index < -0.39 is 5.97 Å². The van der Waals surface area contributed by atoms with Crippen molar-refractivity contribution in [3.63, 3.8) is 0 Å². The van der Waals surface area contributed by atoms with Gasteiger partial charge in [-0.05, 0) is 35.9 Å². The van der Waals surface area contributed by atoms with E-state index in [-0.39, 0.29) is 11.4 Å². The van der Waals surface area contributed by atoms with E-state index >= 15 is 0 Å². The second-order valence-corrected chi connectivity index (χ2v) is 6.31. The lowest BCUT2D eigenvalue weighted by molar-refractivity contribution is 0.0697. The molecule has 1 heterocycles. The van der Waals surface area contributed by atoms with Crippen LogP contribution < -0.4 is 0 Å². The molecule has 4 aromatic rings. The SMILES string of the molecule is O=C(O)c1ccc(N=Nc2c(O)n(Cc3ccccc3)c3ccccc23)cc1. The molecule has 138 valence electrons. The maximum Gasteiger partial charge on any atom is 0.335 e. The minimum absolute atomic E-state index is 0.0379. The van der Waals surface area contributed by atoms with Crippen LogP contribution in [-0.2, 0) is 6.54 Å². The number of benzene rings is 3. The molecule has 6 heteroatoms. The predicted octanol–water partition coefficient (Wildman–Crippen LogP) is 5.51. The van der Waals surface area contributed by atoms with E-state index in [9.17, 15) is 9.90 Å². The molecule has 0 saturated carbocycles. The van der Waals surface area contributed by atoms with E-state index in [1.54, 1.807) is 16.7 Å². The molecular formula is C22H17N3O3. The smallest absolute Gasteiger partial charge is 0.335 e. The summed E-state index contributed by atoms with van der Waals surface area (Å²) >= 11 is 0. The highest BCUT2D eigenvalue weighted by atomic mass is 16.4. The molecule has 0 bridgehead atoms. The van der Waals surface area contributed by atoms with Gasteiger partial charge in [-0.15, -0.1) is 5.11 Å². The van der Waals surface area contributed by atoms with Crippen molar-refractivity contribution in [1.82, 2.24) is 4.57 Å². The highest BCUT2D eigenvalue weighted by Crippen LogP contribution is 2.39. The standard InChI is InChI=1S/C22H17N3O3/c26-21-20(24-23-17-12-10-16(11-13-17)22(27)28)18-8-4-5-9-19(18)25(21)14-15-6-2-1-3-7-15/h1-13,26H,14H2,(H,27,28). The van der Waals surface area contributed by atoms with E-state index in [1.165, 1.54) is 12.1 Å². The normalized spacial score (nSPS) is 11.3. The van der Waals surface area contributed by atoms with Gasteiger partial charge in [0, 0.05) is 5.39 Å². The summed E-state index contributed by atoms with van der Waals surface area (Å²) in [7, 11) is 0. The lowest BCUT2D eigenvalue weighted by atomic mass is 10.2. The molecule has 28 heavy (non-hydrogen) atoms. The van der Waals surface area contributed by atoms with Gasteiger partial charge < -0.3 is 14.8 Å². The average molecular weight is 371 g/mol. The van der Waals surface area contributed by atoms with Crippen molar-refractivity contribution in [1.29, 1.82) is 0 Å². The Morgan fingerprint density at radius 1 is 0.857 bits per heavy atom. The Kier molecular flexibility index (Phi) is 4.60. The van der Waals surface area contributed by atoms with Crippen LogP contribution >= 0.6 is 0 Å². The van der Waals surface area contributed by atoms with Gasteiger partial charge in [-0.2, -0.15) is 5.11 Å². The number of nitrogens with zero attached hydrogens (tertiary/aromatic N) is 3. The Morgan fingerprint density at radius 3 is 2.25 bits per heavy atom. The minimum Gasteiger partial charge on any atom is -0.493 e. The molecule has 1 aromatic heterocycles. The van der Waals surface area contributed by atoms with E-state index in [0.29, 0.717) is 17.9 Å². The van der Waals surface area contributed by atoms with Crippen molar-refractivity contribution in [2.24, 2.45) is 10.2 Å². The minimum atomic E-state index is -0.995. The molecule has 3 aromatic carbocycles. The van der Waals surface area contributed by atoms with E-state index in [4.69, 9.17) is 5.11 Å². The summed E-state index contributed by atoms with van der Waals surface area (Å²) < 4.78 is 1.80. The quantitative estimate of drug-likeness (QED) is 0.454. The lowest BCUT2D eigenvalue weighted by Crippen LogP contribution is -1.98. The summed E-state index contributed by atoms with van der Waals surface area (Å²) in [4.78, 5) is 10.9. The third kappa shape index (κ3) is 3.35. The molecular weight excluding hydrogens is 354 g/mol. The van der Waals surface area contributed by atoms with E-state index in [1.807, 2.05) is 54.6 Å². The van der Waals surface area contributed by atoms with Crippen LogP contribution in [0.3, 0.4) is 0 Å². The maximum absolute atomic E-state index is 10.9. The number of aromatic carboxylic acids is 1. The summed E-state index contributed by atoms with van der Waals surface area (Å²) in [6, 6.07) is 23.6. The second-order valence-electron chi connectivity index (χ2n) is 6.31. The topological polar surface area (TPSA) is 87.2 Å². The van der Waals surface area contributed by atoms with Crippen LogP contribution in [0.5, 0.6) is 5.88 Å². The van der Waals surface area contributed by atoms with Crippen molar-refractivity contribution < 1.29 is 15.0 Å². The monoisotopic (exact) mass is 371 g/mol. The maximum atomic E-state index is 10.9. The molecule has 0 aliphatic heterocycles. The van der Waals surface area contributed by atoms with Crippen LogP contribution in [0.2, 0.25) is 0 Å². The third-order valence-electron chi connectivity index (χ3n) is 4.48. The summed E-state index contributed by atoms with van der Waals surface area (Å²) in [5.41, 5.74) is 2.99. The fraction of sp³-hybridized carbons (Fsp3) is 0.0455. The number of aromatic nitrogens is 1. The Bertz CT molecular complexity index is 1160. The fourth-order valence-corrected chi connectivity index (χ4v) is 3.07. The van der Waals surface area contributed by atoms with Crippen LogP contribution in [-0.4, -0.2) is 20.7 Å². The Balaban J connectivity index is 1.73. The Morgan fingerprint density at radius 2 is 1.54 bits per heavy atom. The first-order chi connectivity index (χ1) is 13.6.